The number of carbonyl (C=O) groups is 2. The molecule has 0 saturated heterocycles. The van der Waals surface area contributed by atoms with Gasteiger partial charge in [-0.15, -0.1) is 0 Å². The van der Waals surface area contributed by atoms with Crippen molar-refractivity contribution < 1.29 is 19.1 Å². The van der Waals surface area contributed by atoms with Crippen molar-refractivity contribution in [1.29, 1.82) is 0 Å². The zero-order valence-corrected chi connectivity index (χ0v) is 11.7. The van der Waals surface area contributed by atoms with Gasteiger partial charge in [0.1, 0.15) is 11.5 Å². The van der Waals surface area contributed by atoms with Crippen LogP contribution < -0.4 is 0 Å². The molecule has 0 amide bonds. The Balaban J connectivity index is 2.12. The lowest BCUT2D eigenvalue weighted by Gasteiger charge is -2.05. The molecule has 0 atom stereocenters. The van der Waals surface area contributed by atoms with Crippen molar-refractivity contribution in [2.24, 2.45) is 0 Å². The van der Waals surface area contributed by atoms with Crippen LogP contribution in [0.4, 0.5) is 4.39 Å². The summed E-state index contributed by atoms with van der Waals surface area (Å²) in [6.45, 7) is 0. The zero-order chi connectivity index (χ0) is 16.4. The molecule has 0 aliphatic rings. The molecule has 0 aliphatic carbocycles. The van der Waals surface area contributed by atoms with Crippen LogP contribution in [0.3, 0.4) is 0 Å². The molecule has 2 N–H and O–H groups in total. The van der Waals surface area contributed by atoms with E-state index in [-0.39, 0.29) is 28.1 Å². The number of aromatic nitrogens is 3. The Morgan fingerprint density at radius 3 is 2.30 bits per heavy atom. The summed E-state index contributed by atoms with van der Waals surface area (Å²) in [5.41, 5.74) is -0.180. The Labute approximate surface area is 129 Å². The van der Waals surface area contributed by atoms with E-state index < -0.39 is 17.6 Å². The average molecular weight is 311 g/mol. The number of ketones is 1. The van der Waals surface area contributed by atoms with Crippen LogP contribution in [0.2, 0.25) is 0 Å². The minimum absolute atomic E-state index is 0.0355. The summed E-state index contributed by atoms with van der Waals surface area (Å²) in [4.78, 5) is 23.9. The third-order valence-corrected chi connectivity index (χ3v) is 3.29. The van der Waals surface area contributed by atoms with Gasteiger partial charge in [-0.2, -0.15) is 15.4 Å². The van der Waals surface area contributed by atoms with Crippen molar-refractivity contribution >= 4 is 11.8 Å². The minimum atomic E-state index is -1.23. The highest BCUT2D eigenvalue weighted by Gasteiger charge is 2.24. The molecule has 23 heavy (non-hydrogen) atoms. The second-order valence-electron chi connectivity index (χ2n) is 4.68. The van der Waals surface area contributed by atoms with Crippen LogP contribution in [-0.2, 0) is 0 Å². The second-order valence-corrected chi connectivity index (χ2v) is 4.68. The van der Waals surface area contributed by atoms with E-state index in [2.05, 4.69) is 15.4 Å². The number of carbonyl (C=O) groups excluding carboxylic acids is 1. The first kappa shape index (κ1) is 14.6. The molecule has 0 spiro atoms. The van der Waals surface area contributed by atoms with E-state index in [1.165, 1.54) is 36.4 Å². The third-order valence-electron chi connectivity index (χ3n) is 3.29. The van der Waals surface area contributed by atoms with Gasteiger partial charge in [-0.25, -0.2) is 9.18 Å². The standard InChI is InChI=1S/C16H10FN3O3/c17-12-8-4-3-7-11(12)13-14(19-20-18-13)15(21)9-5-1-2-6-10(9)16(22)23/h1-8H,(H,22,23)(H,18,19,20). The van der Waals surface area contributed by atoms with E-state index in [0.717, 1.165) is 0 Å². The topological polar surface area (TPSA) is 95.9 Å². The van der Waals surface area contributed by atoms with Crippen LogP contribution in [0.15, 0.2) is 48.5 Å². The molecular formula is C16H10FN3O3. The summed E-state index contributed by atoms with van der Waals surface area (Å²) in [5, 5.41) is 19.1. The molecular weight excluding hydrogens is 301 g/mol. The monoisotopic (exact) mass is 311 g/mol. The van der Waals surface area contributed by atoms with Crippen LogP contribution in [0.25, 0.3) is 11.3 Å². The number of halogens is 1. The van der Waals surface area contributed by atoms with Gasteiger partial charge in [0.2, 0.25) is 5.78 Å². The summed E-state index contributed by atoms with van der Waals surface area (Å²) >= 11 is 0. The molecule has 2 aromatic carbocycles. The van der Waals surface area contributed by atoms with Gasteiger partial charge in [-0.05, 0) is 18.2 Å². The van der Waals surface area contributed by atoms with Crippen molar-refractivity contribution in [3.05, 3.63) is 71.2 Å². The number of aromatic carboxylic acids is 1. The number of carboxylic acids is 1. The maximum atomic E-state index is 13.9. The Bertz CT molecular complexity index is 905. The van der Waals surface area contributed by atoms with Gasteiger partial charge in [-0.3, -0.25) is 4.79 Å². The van der Waals surface area contributed by atoms with Crippen LogP contribution in [0.5, 0.6) is 0 Å². The van der Waals surface area contributed by atoms with Gasteiger partial charge in [0.15, 0.2) is 5.69 Å². The average Bonchev–Trinajstić information content (AvgIpc) is 3.04. The van der Waals surface area contributed by atoms with E-state index in [1.807, 2.05) is 0 Å². The van der Waals surface area contributed by atoms with E-state index in [4.69, 9.17) is 0 Å². The summed E-state index contributed by atoms with van der Waals surface area (Å²) in [7, 11) is 0. The normalized spacial score (nSPS) is 10.5. The molecule has 1 aromatic heterocycles. The molecule has 0 saturated carbocycles. The van der Waals surface area contributed by atoms with Crippen LogP contribution >= 0.6 is 0 Å². The number of nitrogens with zero attached hydrogens (tertiary/aromatic N) is 2. The highest BCUT2D eigenvalue weighted by Crippen LogP contribution is 2.25. The number of aromatic amines is 1. The maximum Gasteiger partial charge on any atom is 0.336 e. The second kappa shape index (κ2) is 5.80. The zero-order valence-electron chi connectivity index (χ0n) is 11.7. The molecule has 0 aliphatic heterocycles. The lowest BCUT2D eigenvalue weighted by molar-refractivity contribution is 0.0692. The van der Waals surface area contributed by atoms with Gasteiger partial charge in [0, 0.05) is 11.1 Å². The van der Waals surface area contributed by atoms with Crippen molar-refractivity contribution in [3.63, 3.8) is 0 Å². The van der Waals surface area contributed by atoms with Gasteiger partial charge in [0.25, 0.3) is 0 Å². The Hall–Kier alpha value is -3.35. The molecule has 3 aromatic rings. The fourth-order valence-corrected chi connectivity index (χ4v) is 2.23. The molecule has 7 heteroatoms. The minimum Gasteiger partial charge on any atom is -0.478 e. The quantitative estimate of drug-likeness (QED) is 0.722. The van der Waals surface area contributed by atoms with Crippen molar-refractivity contribution in [1.82, 2.24) is 15.4 Å². The number of nitrogens with one attached hydrogen (secondary N) is 1. The fraction of sp³-hybridized carbons (Fsp3) is 0. The lowest BCUT2D eigenvalue weighted by Crippen LogP contribution is -2.11. The highest BCUT2D eigenvalue weighted by atomic mass is 19.1. The summed E-state index contributed by atoms with van der Waals surface area (Å²) in [6, 6.07) is 11.6. The maximum absolute atomic E-state index is 13.9. The Morgan fingerprint density at radius 1 is 0.957 bits per heavy atom. The number of hydrogen-bond donors (Lipinski definition) is 2. The van der Waals surface area contributed by atoms with Crippen molar-refractivity contribution in [3.8, 4) is 11.3 Å². The summed E-state index contributed by atoms with van der Waals surface area (Å²) in [5.74, 6) is -2.43. The number of rotatable bonds is 4. The molecule has 1 heterocycles. The number of hydrogen-bond acceptors (Lipinski definition) is 4. The highest BCUT2D eigenvalue weighted by molar-refractivity contribution is 6.15. The van der Waals surface area contributed by atoms with E-state index >= 15 is 0 Å². The molecule has 0 fully saturated rings. The largest absolute Gasteiger partial charge is 0.478 e. The van der Waals surface area contributed by atoms with E-state index in [9.17, 15) is 19.1 Å². The van der Waals surface area contributed by atoms with Crippen LogP contribution in [-0.4, -0.2) is 32.3 Å². The lowest BCUT2D eigenvalue weighted by atomic mass is 9.99. The van der Waals surface area contributed by atoms with Gasteiger partial charge in [-0.1, -0.05) is 30.3 Å². The van der Waals surface area contributed by atoms with E-state index in [1.54, 1.807) is 12.1 Å². The van der Waals surface area contributed by atoms with Crippen LogP contribution in [0.1, 0.15) is 26.4 Å². The SMILES string of the molecule is O=C(O)c1ccccc1C(=O)c1n[nH]nc1-c1ccccc1F. The number of benzene rings is 2. The Morgan fingerprint density at radius 2 is 1.61 bits per heavy atom. The van der Waals surface area contributed by atoms with Crippen molar-refractivity contribution in [2.75, 3.05) is 0 Å². The van der Waals surface area contributed by atoms with Crippen molar-refractivity contribution in [2.45, 2.75) is 0 Å². The van der Waals surface area contributed by atoms with E-state index in [0.29, 0.717) is 0 Å². The summed E-state index contributed by atoms with van der Waals surface area (Å²) in [6.07, 6.45) is 0. The van der Waals surface area contributed by atoms with Gasteiger partial charge >= 0.3 is 5.97 Å². The van der Waals surface area contributed by atoms with Gasteiger partial charge < -0.3 is 5.11 Å². The Kier molecular flexibility index (Phi) is 3.68. The molecule has 0 unspecified atom stereocenters. The number of H-pyrrole nitrogens is 1. The molecule has 6 nitrogen and oxygen atoms in total. The molecule has 114 valence electrons. The van der Waals surface area contributed by atoms with Gasteiger partial charge in [0.05, 0.1) is 5.56 Å². The first-order valence-corrected chi connectivity index (χ1v) is 6.62. The molecule has 0 bridgehead atoms. The smallest absolute Gasteiger partial charge is 0.336 e. The number of carboxylic acid groups (broad SMARTS) is 1. The summed E-state index contributed by atoms with van der Waals surface area (Å²) < 4.78 is 13.9. The third kappa shape index (κ3) is 2.59. The molecule has 0 radical (unpaired) electrons. The predicted octanol–water partition coefficient (Wildman–Crippen LogP) is 2.54. The first-order chi connectivity index (χ1) is 11.1. The predicted molar refractivity (Wildman–Crippen MR) is 78.6 cm³/mol. The fourth-order valence-electron chi connectivity index (χ4n) is 2.23. The van der Waals surface area contributed by atoms with Crippen LogP contribution in [0, 0.1) is 5.82 Å². The first-order valence-electron chi connectivity index (χ1n) is 6.62. The molecule has 3 rings (SSSR count).